The smallest absolute Gasteiger partial charge is 0.325 e. The van der Waals surface area contributed by atoms with Crippen molar-refractivity contribution in [2.24, 2.45) is 0 Å². The Morgan fingerprint density at radius 2 is 1.73 bits per heavy atom. The Bertz CT molecular complexity index is 1040. The van der Waals surface area contributed by atoms with Crippen LogP contribution in [0, 0.1) is 13.8 Å². The van der Waals surface area contributed by atoms with E-state index in [1.807, 2.05) is 38.1 Å². The number of aromatic hydroxyl groups is 1. The summed E-state index contributed by atoms with van der Waals surface area (Å²) in [5.74, 6) is -1.68. The summed E-state index contributed by atoms with van der Waals surface area (Å²) in [6.07, 6.45) is 0.707. The van der Waals surface area contributed by atoms with Gasteiger partial charge in [-0.05, 0) is 74.2 Å². The van der Waals surface area contributed by atoms with Crippen molar-refractivity contribution in [2.75, 3.05) is 7.05 Å². The van der Waals surface area contributed by atoms with Crippen molar-refractivity contribution in [1.82, 2.24) is 15.5 Å². The zero-order chi connectivity index (χ0) is 24.3. The third kappa shape index (κ3) is 5.34. The Balaban J connectivity index is 1.91. The Hall–Kier alpha value is -3.39. The molecule has 0 aromatic heterocycles. The molecule has 8 heteroatoms. The molecule has 2 amide bonds. The molecule has 176 valence electrons. The number of phenolic OH excluding ortho intramolecular Hbond substituents is 1. The van der Waals surface area contributed by atoms with Crippen molar-refractivity contribution >= 4 is 17.8 Å². The first-order valence-electron chi connectivity index (χ1n) is 11.0. The minimum absolute atomic E-state index is 0.179. The molecular weight excluding hydrogens is 422 g/mol. The van der Waals surface area contributed by atoms with Crippen molar-refractivity contribution in [3.05, 3.63) is 64.2 Å². The highest BCUT2D eigenvalue weighted by Crippen LogP contribution is 2.26. The average Bonchev–Trinajstić information content (AvgIpc) is 2.77. The quantitative estimate of drug-likeness (QED) is 0.507. The molecule has 33 heavy (non-hydrogen) atoms. The van der Waals surface area contributed by atoms with Gasteiger partial charge in [-0.25, -0.2) is 0 Å². The molecule has 0 saturated heterocycles. The van der Waals surface area contributed by atoms with Gasteiger partial charge in [0.15, 0.2) is 0 Å². The number of amides is 2. The molecule has 0 spiro atoms. The number of carbonyl (C=O) groups is 3. The number of hydrogen-bond donors (Lipinski definition) is 4. The van der Waals surface area contributed by atoms with E-state index in [4.69, 9.17) is 0 Å². The Morgan fingerprint density at radius 1 is 1.12 bits per heavy atom. The van der Waals surface area contributed by atoms with Gasteiger partial charge in [0.05, 0.1) is 6.04 Å². The highest BCUT2D eigenvalue weighted by atomic mass is 16.4. The maximum Gasteiger partial charge on any atom is 0.325 e. The molecule has 4 N–H and O–H groups in total. The molecule has 1 aliphatic rings. The van der Waals surface area contributed by atoms with Gasteiger partial charge in [-0.2, -0.15) is 0 Å². The van der Waals surface area contributed by atoms with Crippen LogP contribution in [0.4, 0.5) is 0 Å². The molecule has 0 radical (unpaired) electrons. The number of rotatable bonds is 7. The van der Waals surface area contributed by atoms with Crippen LogP contribution in [0.25, 0.3) is 0 Å². The number of fused-ring (bicyclic) bond motifs is 1. The average molecular weight is 454 g/mol. The van der Waals surface area contributed by atoms with E-state index in [9.17, 15) is 24.6 Å². The molecular formula is C25H31N3O5. The minimum atomic E-state index is -1.14. The number of carboxylic acid groups (broad SMARTS) is 1. The van der Waals surface area contributed by atoms with Crippen LogP contribution < -0.4 is 10.6 Å². The lowest BCUT2D eigenvalue weighted by molar-refractivity contribution is -0.146. The van der Waals surface area contributed by atoms with Gasteiger partial charge in [-0.3, -0.25) is 14.4 Å². The standard InChI is InChI=1S/C25H31N3O5/c1-14-9-19(29)10-15(2)20(14)12-21(26-4)24(31)28-13-18-8-6-5-7-17(18)11-22(28)23(30)27-16(3)25(32)33/h5-10,16,21-22,26,29H,11-13H2,1-4H3,(H,27,30)(H,32,33)/t16-,21-,22-/m0/s1. The first-order valence-corrected chi connectivity index (χ1v) is 11.0. The second-order valence-corrected chi connectivity index (χ2v) is 8.63. The predicted molar refractivity (Wildman–Crippen MR) is 124 cm³/mol. The normalized spacial score (nSPS) is 17.1. The summed E-state index contributed by atoms with van der Waals surface area (Å²) in [6, 6.07) is 8.51. The second kappa shape index (κ2) is 10.0. The lowest BCUT2D eigenvalue weighted by Crippen LogP contribution is -2.58. The number of aryl methyl sites for hydroxylation is 2. The third-order valence-electron chi connectivity index (χ3n) is 6.30. The first kappa shape index (κ1) is 24.3. The summed E-state index contributed by atoms with van der Waals surface area (Å²) in [5.41, 5.74) is 4.66. The van der Waals surface area contributed by atoms with Gasteiger partial charge in [0.25, 0.3) is 0 Å². The van der Waals surface area contributed by atoms with E-state index in [1.165, 1.54) is 6.92 Å². The fourth-order valence-electron chi connectivity index (χ4n) is 4.37. The van der Waals surface area contributed by atoms with Crippen molar-refractivity contribution in [2.45, 2.75) is 58.3 Å². The molecule has 2 aromatic rings. The number of likely N-dealkylation sites (N-methyl/N-ethyl adjacent to an activating group) is 1. The van der Waals surface area contributed by atoms with Crippen LogP contribution in [0.2, 0.25) is 0 Å². The molecule has 1 aliphatic heterocycles. The van der Waals surface area contributed by atoms with E-state index in [2.05, 4.69) is 10.6 Å². The summed E-state index contributed by atoms with van der Waals surface area (Å²) in [7, 11) is 1.70. The van der Waals surface area contributed by atoms with Crippen LogP contribution in [-0.4, -0.2) is 58.1 Å². The predicted octanol–water partition coefficient (Wildman–Crippen LogP) is 1.68. The highest BCUT2D eigenvalue weighted by Gasteiger charge is 2.38. The van der Waals surface area contributed by atoms with Gasteiger partial charge in [0, 0.05) is 13.0 Å². The Kier molecular flexibility index (Phi) is 7.38. The molecule has 8 nitrogen and oxygen atoms in total. The van der Waals surface area contributed by atoms with Crippen LogP contribution in [0.1, 0.15) is 34.7 Å². The van der Waals surface area contributed by atoms with Crippen LogP contribution in [0.15, 0.2) is 36.4 Å². The van der Waals surface area contributed by atoms with E-state index in [1.54, 1.807) is 24.1 Å². The number of carbonyl (C=O) groups excluding carboxylic acids is 2. The summed E-state index contributed by atoms with van der Waals surface area (Å²) in [5, 5.41) is 24.6. The van der Waals surface area contributed by atoms with E-state index in [0.717, 1.165) is 27.8 Å². The van der Waals surface area contributed by atoms with E-state index in [0.29, 0.717) is 12.8 Å². The Labute approximate surface area is 193 Å². The monoisotopic (exact) mass is 453 g/mol. The van der Waals surface area contributed by atoms with Crippen LogP contribution in [0.3, 0.4) is 0 Å². The van der Waals surface area contributed by atoms with E-state index < -0.39 is 30.0 Å². The van der Waals surface area contributed by atoms with E-state index >= 15 is 0 Å². The first-order chi connectivity index (χ1) is 15.6. The van der Waals surface area contributed by atoms with Crippen molar-refractivity contribution < 1.29 is 24.6 Å². The second-order valence-electron chi connectivity index (χ2n) is 8.63. The van der Waals surface area contributed by atoms with Gasteiger partial charge >= 0.3 is 5.97 Å². The molecule has 0 aliphatic carbocycles. The summed E-state index contributed by atoms with van der Waals surface area (Å²) < 4.78 is 0. The maximum absolute atomic E-state index is 13.7. The number of hydrogen-bond acceptors (Lipinski definition) is 5. The number of phenols is 1. The Morgan fingerprint density at radius 3 is 2.30 bits per heavy atom. The van der Waals surface area contributed by atoms with E-state index in [-0.39, 0.29) is 18.2 Å². The third-order valence-corrected chi connectivity index (χ3v) is 6.30. The fraction of sp³-hybridized carbons (Fsp3) is 0.400. The van der Waals surface area contributed by atoms with Gasteiger partial charge in [0.1, 0.15) is 17.8 Å². The van der Waals surface area contributed by atoms with Gasteiger partial charge in [-0.15, -0.1) is 0 Å². The molecule has 3 atom stereocenters. The van der Waals surface area contributed by atoms with Crippen molar-refractivity contribution in [3.8, 4) is 5.75 Å². The van der Waals surface area contributed by atoms with Gasteiger partial charge < -0.3 is 25.7 Å². The maximum atomic E-state index is 13.7. The van der Waals surface area contributed by atoms with Crippen molar-refractivity contribution in [1.29, 1.82) is 0 Å². The number of nitrogens with zero attached hydrogens (tertiary/aromatic N) is 1. The lowest BCUT2D eigenvalue weighted by Gasteiger charge is -2.38. The molecule has 0 fully saturated rings. The zero-order valence-corrected chi connectivity index (χ0v) is 19.4. The van der Waals surface area contributed by atoms with Crippen LogP contribution in [0.5, 0.6) is 5.75 Å². The molecule has 0 bridgehead atoms. The molecule has 0 saturated carbocycles. The number of nitrogens with one attached hydrogen (secondary N) is 2. The fourth-order valence-corrected chi connectivity index (χ4v) is 4.37. The molecule has 2 aromatic carbocycles. The summed E-state index contributed by atoms with van der Waals surface area (Å²) >= 11 is 0. The topological polar surface area (TPSA) is 119 Å². The number of carboxylic acids is 1. The van der Waals surface area contributed by atoms with Gasteiger partial charge in [-0.1, -0.05) is 24.3 Å². The van der Waals surface area contributed by atoms with Gasteiger partial charge in [0.2, 0.25) is 11.8 Å². The van der Waals surface area contributed by atoms with Crippen LogP contribution >= 0.6 is 0 Å². The largest absolute Gasteiger partial charge is 0.508 e. The minimum Gasteiger partial charge on any atom is -0.508 e. The lowest BCUT2D eigenvalue weighted by atomic mass is 9.91. The highest BCUT2D eigenvalue weighted by molar-refractivity contribution is 5.92. The number of benzene rings is 2. The SMILES string of the molecule is CN[C@@H](Cc1c(C)cc(O)cc1C)C(=O)N1Cc2ccccc2C[C@H]1C(=O)N[C@@H](C)C(=O)O. The molecule has 0 unspecified atom stereocenters. The summed E-state index contributed by atoms with van der Waals surface area (Å²) in [4.78, 5) is 39.5. The zero-order valence-electron chi connectivity index (χ0n) is 19.4. The van der Waals surface area contributed by atoms with Crippen LogP contribution in [-0.2, 0) is 33.8 Å². The number of aliphatic carboxylic acids is 1. The molecule has 1 heterocycles. The molecule has 3 rings (SSSR count). The summed E-state index contributed by atoms with van der Waals surface area (Å²) in [6.45, 7) is 5.44. The van der Waals surface area contributed by atoms with Crippen molar-refractivity contribution in [3.63, 3.8) is 0 Å².